The van der Waals surface area contributed by atoms with E-state index in [1.807, 2.05) is 14.1 Å². The SMILES string of the molecule is CC(C)CN1CCC(C(=O)N(C)C)C1. The monoisotopic (exact) mass is 198 g/mol. The topological polar surface area (TPSA) is 23.6 Å². The van der Waals surface area contributed by atoms with E-state index in [1.165, 1.54) is 0 Å². The highest BCUT2D eigenvalue weighted by Crippen LogP contribution is 2.18. The van der Waals surface area contributed by atoms with Crippen molar-refractivity contribution < 1.29 is 4.79 Å². The van der Waals surface area contributed by atoms with Crippen LogP contribution in [-0.2, 0) is 4.79 Å². The molecule has 1 heterocycles. The van der Waals surface area contributed by atoms with Gasteiger partial charge in [-0.3, -0.25) is 4.79 Å². The summed E-state index contributed by atoms with van der Waals surface area (Å²) < 4.78 is 0. The third kappa shape index (κ3) is 2.98. The molecule has 1 unspecified atom stereocenters. The summed E-state index contributed by atoms with van der Waals surface area (Å²) in [6.45, 7) is 7.61. The van der Waals surface area contributed by atoms with Crippen molar-refractivity contribution in [3.63, 3.8) is 0 Å². The van der Waals surface area contributed by atoms with Crippen LogP contribution in [0.2, 0.25) is 0 Å². The molecule has 0 bridgehead atoms. The van der Waals surface area contributed by atoms with Gasteiger partial charge in [0.2, 0.25) is 5.91 Å². The fourth-order valence-electron chi connectivity index (χ4n) is 2.08. The number of carbonyl (C=O) groups excluding carboxylic acids is 1. The maximum absolute atomic E-state index is 11.7. The maximum Gasteiger partial charge on any atom is 0.226 e. The Hall–Kier alpha value is -0.570. The normalized spacial score (nSPS) is 23.1. The first kappa shape index (κ1) is 11.5. The van der Waals surface area contributed by atoms with E-state index in [2.05, 4.69) is 18.7 Å². The largest absolute Gasteiger partial charge is 0.349 e. The average Bonchev–Trinajstić information content (AvgIpc) is 2.50. The summed E-state index contributed by atoms with van der Waals surface area (Å²) in [4.78, 5) is 15.8. The average molecular weight is 198 g/mol. The lowest BCUT2D eigenvalue weighted by Crippen LogP contribution is -2.32. The number of hydrogen-bond donors (Lipinski definition) is 0. The molecule has 1 atom stereocenters. The Kier molecular flexibility index (Phi) is 3.93. The molecule has 82 valence electrons. The molecule has 0 aromatic carbocycles. The van der Waals surface area contributed by atoms with E-state index >= 15 is 0 Å². The van der Waals surface area contributed by atoms with Crippen LogP contribution < -0.4 is 0 Å². The second-order valence-corrected chi connectivity index (χ2v) is 4.87. The van der Waals surface area contributed by atoms with Crippen LogP contribution >= 0.6 is 0 Å². The predicted octanol–water partition coefficient (Wildman–Crippen LogP) is 1.05. The highest BCUT2D eigenvalue weighted by molar-refractivity contribution is 5.78. The van der Waals surface area contributed by atoms with Gasteiger partial charge in [-0.2, -0.15) is 0 Å². The first-order valence-corrected chi connectivity index (χ1v) is 5.44. The molecule has 0 aliphatic carbocycles. The highest BCUT2D eigenvalue weighted by atomic mass is 16.2. The van der Waals surface area contributed by atoms with Gasteiger partial charge in [0.25, 0.3) is 0 Å². The molecule has 0 N–H and O–H groups in total. The van der Waals surface area contributed by atoms with Gasteiger partial charge >= 0.3 is 0 Å². The summed E-state index contributed by atoms with van der Waals surface area (Å²) in [7, 11) is 3.68. The van der Waals surface area contributed by atoms with Gasteiger partial charge in [-0.15, -0.1) is 0 Å². The molecule has 1 aliphatic rings. The van der Waals surface area contributed by atoms with Crippen LogP contribution in [0.5, 0.6) is 0 Å². The minimum absolute atomic E-state index is 0.240. The molecule has 1 aliphatic heterocycles. The van der Waals surface area contributed by atoms with Crippen molar-refractivity contribution in [1.82, 2.24) is 9.80 Å². The Balaban J connectivity index is 2.37. The van der Waals surface area contributed by atoms with E-state index in [4.69, 9.17) is 0 Å². The standard InChI is InChI=1S/C11H22N2O/c1-9(2)7-13-6-5-10(8-13)11(14)12(3)4/h9-10H,5-8H2,1-4H3. The summed E-state index contributed by atoms with van der Waals surface area (Å²) in [5.41, 5.74) is 0. The Morgan fingerprint density at radius 3 is 2.64 bits per heavy atom. The van der Waals surface area contributed by atoms with Gasteiger partial charge in [0.15, 0.2) is 0 Å². The minimum atomic E-state index is 0.240. The van der Waals surface area contributed by atoms with Crippen LogP contribution in [-0.4, -0.2) is 49.4 Å². The molecule has 0 aromatic heterocycles. The molecular weight excluding hydrogens is 176 g/mol. The molecule has 0 saturated carbocycles. The minimum Gasteiger partial charge on any atom is -0.349 e. The second-order valence-electron chi connectivity index (χ2n) is 4.87. The quantitative estimate of drug-likeness (QED) is 0.677. The van der Waals surface area contributed by atoms with Crippen molar-refractivity contribution in [2.75, 3.05) is 33.7 Å². The molecule has 3 heteroatoms. The number of likely N-dealkylation sites (tertiary alicyclic amines) is 1. The smallest absolute Gasteiger partial charge is 0.226 e. The molecule has 1 saturated heterocycles. The van der Waals surface area contributed by atoms with Crippen LogP contribution in [0.3, 0.4) is 0 Å². The molecule has 1 amide bonds. The fraction of sp³-hybridized carbons (Fsp3) is 0.909. The van der Waals surface area contributed by atoms with Crippen molar-refractivity contribution in [3.05, 3.63) is 0 Å². The zero-order valence-electron chi connectivity index (χ0n) is 9.79. The van der Waals surface area contributed by atoms with Crippen molar-refractivity contribution in [2.24, 2.45) is 11.8 Å². The lowest BCUT2D eigenvalue weighted by atomic mass is 10.1. The number of nitrogens with zero attached hydrogens (tertiary/aromatic N) is 2. The zero-order valence-corrected chi connectivity index (χ0v) is 9.79. The first-order valence-electron chi connectivity index (χ1n) is 5.44. The van der Waals surface area contributed by atoms with Crippen molar-refractivity contribution >= 4 is 5.91 Å². The maximum atomic E-state index is 11.7. The van der Waals surface area contributed by atoms with E-state index in [-0.39, 0.29) is 11.8 Å². The summed E-state index contributed by atoms with van der Waals surface area (Å²) >= 11 is 0. The number of amides is 1. The molecule has 0 radical (unpaired) electrons. The van der Waals surface area contributed by atoms with Crippen LogP contribution in [0.4, 0.5) is 0 Å². The molecule has 0 aromatic rings. The van der Waals surface area contributed by atoms with Gasteiger partial charge in [-0.1, -0.05) is 13.8 Å². The third-order valence-electron chi connectivity index (χ3n) is 2.69. The predicted molar refractivity (Wildman–Crippen MR) is 58.1 cm³/mol. The Morgan fingerprint density at radius 1 is 1.50 bits per heavy atom. The van der Waals surface area contributed by atoms with E-state index in [9.17, 15) is 4.79 Å². The van der Waals surface area contributed by atoms with Crippen LogP contribution in [0, 0.1) is 11.8 Å². The van der Waals surface area contributed by atoms with Crippen LogP contribution in [0.1, 0.15) is 20.3 Å². The number of hydrogen-bond acceptors (Lipinski definition) is 2. The summed E-state index contributed by atoms with van der Waals surface area (Å²) in [6.07, 6.45) is 1.03. The van der Waals surface area contributed by atoms with Gasteiger partial charge < -0.3 is 9.80 Å². The third-order valence-corrected chi connectivity index (χ3v) is 2.69. The highest BCUT2D eigenvalue weighted by Gasteiger charge is 2.29. The summed E-state index contributed by atoms with van der Waals surface area (Å²) in [6, 6.07) is 0. The summed E-state index contributed by atoms with van der Waals surface area (Å²) in [5.74, 6) is 1.23. The van der Waals surface area contributed by atoms with Crippen LogP contribution in [0.25, 0.3) is 0 Å². The van der Waals surface area contributed by atoms with Crippen LogP contribution in [0.15, 0.2) is 0 Å². The lowest BCUT2D eigenvalue weighted by molar-refractivity contribution is -0.132. The molecule has 0 spiro atoms. The van der Waals surface area contributed by atoms with Crippen molar-refractivity contribution in [3.8, 4) is 0 Å². The second kappa shape index (κ2) is 4.78. The summed E-state index contributed by atoms with van der Waals surface area (Å²) in [5, 5.41) is 0. The van der Waals surface area contributed by atoms with Gasteiger partial charge in [-0.05, 0) is 18.9 Å². The van der Waals surface area contributed by atoms with E-state index in [0.29, 0.717) is 5.92 Å². The Labute approximate surface area is 87.1 Å². The lowest BCUT2D eigenvalue weighted by Gasteiger charge is -2.19. The zero-order chi connectivity index (χ0) is 10.7. The number of rotatable bonds is 3. The fourth-order valence-corrected chi connectivity index (χ4v) is 2.08. The van der Waals surface area contributed by atoms with E-state index < -0.39 is 0 Å². The van der Waals surface area contributed by atoms with Gasteiger partial charge in [0, 0.05) is 27.2 Å². The number of carbonyl (C=O) groups is 1. The molecule has 1 fully saturated rings. The molecule has 3 nitrogen and oxygen atoms in total. The van der Waals surface area contributed by atoms with Crippen molar-refractivity contribution in [1.29, 1.82) is 0 Å². The first-order chi connectivity index (χ1) is 6.50. The molecule has 1 rings (SSSR count). The molecule has 14 heavy (non-hydrogen) atoms. The van der Waals surface area contributed by atoms with Gasteiger partial charge in [0.05, 0.1) is 5.92 Å². The Morgan fingerprint density at radius 2 is 2.14 bits per heavy atom. The van der Waals surface area contributed by atoms with Gasteiger partial charge in [-0.25, -0.2) is 0 Å². The Bertz CT molecular complexity index is 201. The van der Waals surface area contributed by atoms with Gasteiger partial charge in [0.1, 0.15) is 0 Å². The molecular formula is C11H22N2O. The van der Waals surface area contributed by atoms with E-state index in [0.717, 1.165) is 26.1 Å². The van der Waals surface area contributed by atoms with E-state index in [1.54, 1.807) is 4.90 Å². The van der Waals surface area contributed by atoms with Crippen molar-refractivity contribution in [2.45, 2.75) is 20.3 Å².